The minimum Gasteiger partial charge on any atom is -0.478 e. The van der Waals surface area contributed by atoms with Crippen LogP contribution in [0.25, 0.3) is 0 Å². The van der Waals surface area contributed by atoms with E-state index in [1.54, 1.807) is 12.1 Å². The number of likely N-dealkylation sites (tertiary alicyclic amines) is 1. The zero-order valence-corrected chi connectivity index (χ0v) is 18.4. The molecule has 0 saturated carbocycles. The van der Waals surface area contributed by atoms with Gasteiger partial charge in [0.1, 0.15) is 11.6 Å². The SMILES string of the molecule is O=C(O)c1cnc([C@H]2CCCCN2Cc2ccc(Cl)cc2)nc1CCc1ccc(F)cc1. The molecule has 166 valence electrons. The van der Waals surface area contributed by atoms with E-state index in [0.29, 0.717) is 29.4 Å². The molecule has 2 aromatic carbocycles. The van der Waals surface area contributed by atoms with E-state index in [2.05, 4.69) is 9.88 Å². The molecule has 4 rings (SSSR count). The number of halogens is 2. The highest BCUT2D eigenvalue weighted by molar-refractivity contribution is 6.30. The summed E-state index contributed by atoms with van der Waals surface area (Å²) in [6.07, 6.45) is 5.57. The Balaban J connectivity index is 1.56. The van der Waals surface area contributed by atoms with Gasteiger partial charge in [0.15, 0.2) is 0 Å². The Hall–Kier alpha value is -2.83. The number of rotatable bonds is 7. The molecule has 7 heteroatoms. The van der Waals surface area contributed by atoms with Crippen molar-refractivity contribution in [2.24, 2.45) is 0 Å². The lowest BCUT2D eigenvalue weighted by atomic mass is 9.99. The highest BCUT2D eigenvalue weighted by atomic mass is 35.5. The van der Waals surface area contributed by atoms with Crippen LogP contribution in [0.2, 0.25) is 5.02 Å². The first-order valence-corrected chi connectivity index (χ1v) is 11.2. The molecule has 0 bridgehead atoms. The number of benzene rings is 2. The van der Waals surface area contributed by atoms with Gasteiger partial charge in [0, 0.05) is 17.8 Å². The van der Waals surface area contributed by atoms with Crippen LogP contribution in [-0.2, 0) is 19.4 Å². The van der Waals surface area contributed by atoms with E-state index in [-0.39, 0.29) is 17.4 Å². The number of aromatic carboxylic acids is 1. The lowest BCUT2D eigenvalue weighted by Gasteiger charge is -2.35. The summed E-state index contributed by atoms with van der Waals surface area (Å²) in [6, 6.07) is 14.1. The smallest absolute Gasteiger partial charge is 0.339 e. The van der Waals surface area contributed by atoms with Crippen LogP contribution in [0.1, 0.15) is 58.3 Å². The van der Waals surface area contributed by atoms with Crippen molar-refractivity contribution in [2.75, 3.05) is 6.54 Å². The van der Waals surface area contributed by atoms with Crippen LogP contribution in [0.3, 0.4) is 0 Å². The van der Waals surface area contributed by atoms with Crippen molar-refractivity contribution in [1.82, 2.24) is 14.9 Å². The molecule has 32 heavy (non-hydrogen) atoms. The van der Waals surface area contributed by atoms with Gasteiger partial charge in [-0.25, -0.2) is 19.2 Å². The Morgan fingerprint density at radius 2 is 1.78 bits per heavy atom. The maximum Gasteiger partial charge on any atom is 0.339 e. The summed E-state index contributed by atoms with van der Waals surface area (Å²) in [7, 11) is 0. The number of carboxylic acid groups (broad SMARTS) is 1. The Bertz CT molecular complexity index is 1070. The molecule has 0 radical (unpaired) electrons. The third-order valence-corrected chi connectivity index (χ3v) is 6.14. The van der Waals surface area contributed by atoms with E-state index < -0.39 is 5.97 Å². The molecule has 1 aliphatic heterocycles. The molecule has 2 heterocycles. The van der Waals surface area contributed by atoms with Gasteiger partial charge in [0.05, 0.1) is 17.3 Å². The normalized spacial score (nSPS) is 16.8. The molecule has 0 unspecified atom stereocenters. The van der Waals surface area contributed by atoms with Crippen molar-refractivity contribution in [2.45, 2.75) is 44.7 Å². The summed E-state index contributed by atoms with van der Waals surface area (Å²) in [6.45, 7) is 1.69. The van der Waals surface area contributed by atoms with E-state index in [9.17, 15) is 14.3 Å². The molecule has 0 spiro atoms. The van der Waals surface area contributed by atoms with Gasteiger partial charge in [-0.15, -0.1) is 0 Å². The van der Waals surface area contributed by atoms with Gasteiger partial charge >= 0.3 is 5.97 Å². The number of aromatic nitrogens is 2. The lowest BCUT2D eigenvalue weighted by molar-refractivity contribution is 0.0694. The van der Waals surface area contributed by atoms with Crippen LogP contribution in [0.5, 0.6) is 0 Å². The number of carboxylic acids is 1. The van der Waals surface area contributed by atoms with Gasteiger partial charge in [0.2, 0.25) is 0 Å². The maximum atomic E-state index is 13.2. The highest BCUT2D eigenvalue weighted by Gasteiger charge is 2.27. The van der Waals surface area contributed by atoms with Gasteiger partial charge in [-0.3, -0.25) is 4.90 Å². The van der Waals surface area contributed by atoms with Gasteiger partial charge in [0.25, 0.3) is 0 Å². The summed E-state index contributed by atoms with van der Waals surface area (Å²) >= 11 is 6.02. The number of hydrogen-bond donors (Lipinski definition) is 1. The van der Waals surface area contributed by atoms with Crippen LogP contribution >= 0.6 is 11.6 Å². The Kier molecular flexibility index (Phi) is 7.12. The summed E-state index contributed by atoms with van der Waals surface area (Å²) in [5, 5.41) is 10.3. The predicted octanol–water partition coefficient (Wildman–Crippen LogP) is 5.48. The average Bonchev–Trinajstić information content (AvgIpc) is 2.80. The number of hydrogen-bond acceptors (Lipinski definition) is 4. The largest absolute Gasteiger partial charge is 0.478 e. The maximum absolute atomic E-state index is 13.2. The fourth-order valence-electron chi connectivity index (χ4n) is 4.17. The molecule has 1 N–H and O–H groups in total. The van der Waals surface area contributed by atoms with Crippen LogP contribution in [-0.4, -0.2) is 32.5 Å². The van der Waals surface area contributed by atoms with Crippen molar-refractivity contribution in [3.8, 4) is 0 Å². The van der Waals surface area contributed by atoms with Crippen molar-refractivity contribution in [3.05, 3.63) is 93.8 Å². The van der Waals surface area contributed by atoms with E-state index in [1.807, 2.05) is 24.3 Å². The van der Waals surface area contributed by atoms with Crippen LogP contribution in [0.15, 0.2) is 54.7 Å². The van der Waals surface area contributed by atoms with Gasteiger partial charge in [-0.1, -0.05) is 42.3 Å². The first kappa shape index (κ1) is 22.4. The second-order valence-corrected chi connectivity index (χ2v) is 8.57. The summed E-state index contributed by atoms with van der Waals surface area (Å²) < 4.78 is 13.2. The molecule has 5 nitrogen and oxygen atoms in total. The monoisotopic (exact) mass is 453 g/mol. The van der Waals surface area contributed by atoms with E-state index >= 15 is 0 Å². The lowest BCUT2D eigenvalue weighted by Crippen LogP contribution is -2.34. The van der Waals surface area contributed by atoms with Crippen molar-refractivity contribution >= 4 is 17.6 Å². The molecular weight excluding hydrogens is 429 g/mol. The van der Waals surface area contributed by atoms with Gasteiger partial charge in [-0.2, -0.15) is 0 Å². The minimum absolute atomic E-state index is 0.0341. The van der Waals surface area contributed by atoms with Crippen molar-refractivity contribution < 1.29 is 14.3 Å². The molecule has 1 fully saturated rings. The third-order valence-electron chi connectivity index (χ3n) is 5.89. The minimum atomic E-state index is -1.03. The zero-order valence-electron chi connectivity index (χ0n) is 17.7. The zero-order chi connectivity index (χ0) is 22.5. The fourth-order valence-corrected chi connectivity index (χ4v) is 4.30. The van der Waals surface area contributed by atoms with Gasteiger partial charge < -0.3 is 5.11 Å². The quantitative estimate of drug-likeness (QED) is 0.513. The number of piperidine rings is 1. The standard InChI is InChI=1S/C25H25ClFN3O2/c26-19-9-4-18(5-10-19)16-30-14-2-1-3-23(30)24-28-15-21(25(31)32)22(29-24)13-8-17-6-11-20(27)12-7-17/h4-7,9-12,15,23H,1-3,8,13-14,16H2,(H,31,32)/t23-/m1/s1. The molecule has 1 aromatic heterocycles. The number of aryl methyl sites for hydroxylation is 2. The molecule has 1 aliphatic rings. The molecule has 3 aromatic rings. The summed E-state index contributed by atoms with van der Waals surface area (Å²) in [4.78, 5) is 23.3. The average molecular weight is 454 g/mol. The van der Waals surface area contributed by atoms with Crippen LogP contribution < -0.4 is 0 Å². The van der Waals surface area contributed by atoms with Crippen LogP contribution in [0.4, 0.5) is 4.39 Å². The number of nitrogens with zero attached hydrogens (tertiary/aromatic N) is 3. The van der Waals surface area contributed by atoms with Crippen molar-refractivity contribution in [1.29, 1.82) is 0 Å². The Morgan fingerprint density at radius 1 is 1.06 bits per heavy atom. The summed E-state index contributed by atoms with van der Waals surface area (Å²) in [5.74, 6) is -0.660. The number of carbonyl (C=O) groups is 1. The van der Waals surface area contributed by atoms with E-state index in [4.69, 9.17) is 16.6 Å². The summed E-state index contributed by atoms with van der Waals surface area (Å²) in [5.41, 5.74) is 2.74. The second-order valence-electron chi connectivity index (χ2n) is 8.13. The second kappa shape index (κ2) is 10.2. The highest BCUT2D eigenvalue weighted by Crippen LogP contribution is 2.31. The first-order chi connectivity index (χ1) is 15.5. The predicted molar refractivity (Wildman–Crippen MR) is 121 cm³/mol. The molecule has 1 saturated heterocycles. The van der Waals surface area contributed by atoms with E-state index in [1.165, 1.54) is 23.9 Å². The molecule has 0 amide bonds. The first-order valence-electron chi connectivity index (χ1n) is 10.8. The van der Waals surface area contributed by atoms with E-state index in [0.717, 1.165) is 37.9 Å². The molecule has 1 atom stereocenters. The molecule has 0 aliphatic carbocycles. The van der Waals surface area contributed by atoms with Crippen LogP contribution in [0, 0.1) is 5.82 Å². The molecular formula is C25H25ClFN3O2. The third kappa shape index (κ3) is 5.50. The fraction of sp³-hybridized carbons (Fsp3) is 0.320. The van der Waals surface area contributed by atoms with Gasteiger partial charge in [-0.05, 0) is 67.6 Å². The topological polar surface area (TPSA) is 66.3 Å². The Morgan fingerprint density at radius 3 is 2.50 bits per heavy atom. The van der Waals surface area contributed by atoms with Crippen molar-refractivity contribution in [3.63, 3.8) is 0 Å². The Labute approximate surface area is 191 Å².